The number of aromatic amines is 1. The fraction of sp³-hybridized carbons (Fsp3) is 0.333. The van der Waals surface area contributed by atoms with E-state index in [-0.39, 0.29) is 11.9 Å². The highest BCUT2D eigenvalue weighted by atomic mass is 35.5. The Morgan fingerprint density at radius 2 is 1.93 bits per heavy atom. The number of carbonyl (C=O) groups excluding carboxylic acids is 1. The SMILES string of the molecule is CCN(CC)C(CNC(=O)c1ccc2nc(C(F)F)[nH]c2c1)c1ccccc1Cl. The maximum absolute atomic E-state index is 12.8. The first-order chi connectivity index (χ1) is 13.9. The van der Waals surface area contributed by atoms with Crippen LogP contribution in [0.3, 0.4) is 0 Å². The van der Waals surface area contributed by atoms with Crippen LogP contribution in [0, 0.1) is 0 Å². The number of nitrogens with one attached hydrogen (secondary N) is 2. The van der Waals surface area contributed by atoms with E-state index in [4.69, 9.17) is 11.6 Å². The van der Waals surface area contributed by atoms with Crippen LogP contribution in [0.5, 0.6) is 0 Å². The van der Waals surface area contributed by atoms with Crippen molar-refractivity contribution in [3.05, 3.63) is 64.4 Å². The maximum Gasteiger partial charge on any atom is 0.295 e. The Kier molecular flexibility index (Phi) is 6.82. The third-order valence-electron chi connectivity index (χ3n) is 4.94. The second-order valence-electron chi connectivity index (χ2n) is 6.62. The van der Waals surface area contributed by atoms with Gasteiger partial charge < -0.3 is 10.3 Å². The number of fused-ring (bicyclic) bond motifs is 1. The predicted octanol–water partition coefficient (Wildman–Crippen LogP) is 4.97. The standard InChI is InChI=1S/C21H23ClF2N4O/c1-3-28(4-2)18(14-7-5-6-8-15(14)22)12-25-21(29)13-9-10-16-17(11-13)27-20(26-16)19(23)24/h5-11,18-19H,3-4,12H2,1-2H3,(H,25,29)(H,26,27). The fourth-order valence-corrected chi connectivity index (χ4v) is 3.67. The molecule has 2 N–H and O–H groups in total. The van der Waals surface area contributed by atoms with Crippen molar-refractivity contribution in [2.24, 2.45) is 0 Å². The van der Waals surface area contributed by atoms with E-state index in [1.807, 2.05) is 24.3 Å². The number of hydrogen-bond donors (Lipinski definition) is 2. The van der Waals surface area contributed by atoms with Gasteiger partial charge in [0, 0.05) is 17.1 Å². The molecule has 0 radical (unpaired) electrons. The first kappa shape index (κ1) is 21.2. The number of likely N-dealkylation sites (N-methyl/N-ethyl adjacent to an activating group) is 1. The van der Waals surface area contributed by atoms with Gasteiger partial charge in [-0.3, -0.25) is 9.69 Å². The van der Waals surface area contributed by atoms with E-state index >= 15 is 0 Å². The Labute approximate surface area is 173 Å². The molecule has 2 aromatic carbocycles. The zero-order chi connectivity index (χ0) is 21.0. The molecule has 1 heterocycles. The van der Waals surface area contributed by atoms with Crippen molar-refractivity contribution in [3.63, 3.8) is 0 Å². The molecule has 0 aliphatic rings. The summed E-state index contributed by atoms with van der Waals surface area (Å²) >= 11 is 6.39. The molecule has 0 aliphatic heterocycles. The van der Waals surface area contributed by atoms with Gasteiger partial charge in [0.25, 0.3) is 12.3 Å². The monoisotopic (exact) mass is 420 g/mol. The summed E-state index contributed by atoms with van der Waals surface area (Å²) in [4.78, 5) is 21.3. The fourth-order valence-electron chi connectivity index (χ4n) is 3.41. The summed E-state index contributed by atoms with van der Waals surface area (Å²) in [6.07, 6.45) is -2.69. The van der Waals surface area contributed by atoms with Gasteiger partial charge in [0.15, 0.2) is 5.82 Å². The van der Waals surface area contributed by atoms with E-state index in [2.05, 4.69) is 34.0 Å². The van der Waals surface area contributed by atoms with Crippen LogP contribution in [0.2, 0.25) is 5.02 Å². The summed E-state index contributed by atoms with van der Waals surface area (Å²) in [5.74, 6) is -0.692. The number of H-pyrrole nitrogens is 1. The normalized spacial score (nSPS) is 12.7. The van der Waals surface area contributed by atoms with Crippen LogP contribution >= 0.6 is 11.6 Å². The molecule has 3 aromatic rings. The van der Waals surface area contributed by atoms with Gasteiger partial charge in [0.1, 0.15) is 0 Å². The quantitative estimate of drug-likeness (QED) is 0.541. The number of rotatable bonds is 8. The van der Waals surface area contributed by atoms with Crippen LogP contribution < -0.4 is 5.32 Å². The van der Waals surface area contributed by atoms with E-state index in [9.17, 15) is 13.6 Å². The Bertz CT molecular complexity index is 988. The average Bonchev–Trinajstić information content (AvgIpc) is 3.15. The molecule has 29 heavy (non-hydrogen) atoms. The molecule has 1 amide bonds. The lowest BCUT2D eigenvalue weighted by Crippen LogP contribution is -2.38. The van der Waals surface area contributed by atoms with Crippen molar-refractivity contribution in [1.29, 1.82) is 0 Å². The highest BCUT2D eigenvalue weighted by molar-refractivity contribution is 6.31. The number of benzene rings is 2. The van der Waals surface area contributed by atoms with Gasteiger partial charge in [-0.2, -0.15) is 0 Å². The first-order valence-corrected chi connectivity index (χ1v) is 9.86. The molecule has 1 unspecified atom stereocenters. The largest absolute Gasteiger partial charge is 0.350 e. The number of alkyl halides is 2. The number of amides is 1. The second-order valence-corrected chi connectivity index (χ2v) is 7.03. The van der Waals surface area contributed by atoms with Gasteiger partial charge in [0.05, 0.1) is 17.1 Å². The van der Waals surface area contributed by atoms with E-state index < -0.39 is 12.2 Å². The van der Waals surface area contributed by atoms with Crippen molar-refractivity contribution in [1.82, 2.24) is 20.2 Å². The molecule has 1 atom stereocenters. The lowest BCUT2D eigenvalue weighted by molar-refractivity contribution is 0.0935. The molecular weight excluding hydrogens is 398 g/mol. The lowest BCUT2D eigenvalue weighted by atomic mass is 10.0. The number of nitrogens with zero attached hydrogens (tertiary/aromatic N) is 2. The third kappa shape index (κ3) is 4.74. The number of carbonyl (C=O) groups is 1. The molecule has 0 saturated heterocycles. The molecule has 0 spiro atoms. The van der Waals surface area contributed by atoms with Crippen molar-refractivity contribution in [2.45, 2.75) is 26.3 Å². The van der Waals surface area contributed by atoms with Crippen molar-refractivity contribution < 1.29 is 13.6 Å². The topological polar surface area (TPSA) is 61.0 Å². The van der Waals surface area contributed by atoms with E-state index in [0.717, 1.165) is 18.7 Å². The Morgan fingerprint density at radius 1 is 1.21 bits per heavy atom. The van der Waals surface area contributed by atoms with Gasteiger partial charge in [0.2, 0.25) is 0 Å². The minimum atomic E-state index is -2.69. The highest BCUT2D eigenvalue weighted by Gasteiger charge is 2.21. The molecule has 0 bridgehead atoms. The van der Waals surface area contributed by atoms with Crippen LogP contribution in [0.4, 0.5) is 8.78 Å². The summed E-state index contributed by atoms with van der Waals surface area (Å²) in [6.45, 7) is 6.09. The molecule has 3 rings (SSSR count). The first-order valence-electron chi connectivity index (χ1n) is 9.49. The van der Waals surface area contributed by atoms with E-state index in [0.29, 0.717) is 28.2 Å². The van der Waals surface area contributed by atoms with Gasteiger partial charge in [-0.05, 0) is 42.9 Å². The summed E-state index contributed by atoms with van der Waals surface area (Å²) in [5.41, 5.74) is 2.12. The highest BCUT2D eigenvalue weighted by Crippen LogP contribution is 2.27. The predicted molar refractivity (Wildman–Crippen MR) is 110 cm³/mol. The van der Waals surface area contributed by atoms with E-state index in [1.54, 1.807) is 12.1 Å². The number of halogens is 3. The van der Waals surface area contributed by atoms with Gasteiger partial charge in [-0.25, -0.2) is 13.8 Å². The lowest BCUT2D eigenvalue weighted by Gasteiger charge is -2.31. The Hall–Kier alpha value is -2.51. The molecule has 5 nitrogen and oxygen atoms in total. The third-order valence-corrected chi connectivity index (χ3v) is 5.29. The molecule has 154 valence electrons. The minimum Gasteiger partial charge on any atom is -0.350 e. The molecule has 0 saturated carbocycles. The second kappa shape index (κ2) is 9.33. The summed E-state index contributed by atoms with van der Waals surface area (Å²) in [5, 5.41) is 3.60. The maximum atomic E-state index is 12.8. The van der Waals surface area contributed by atoms with Crippen LogP contribution in [0.25, 0.3) is 11.0 Å². The van der Waals surface area contributed by atoms with Crippen LogP contribution in [-0.4, -0.2) is 40.4 Å². The molecule has 0 aliphatic carbocycles. The smallest absolute Gasteiger partial charge is 0.295 e. The van der Waals surface area contributed by atoms with Crippen molar-refractivity contribution in [3.8, 4) is 0 Å². The molecule has 8 heteroatoms. The average molecular weight is 421 g/mol. The van der Waals surface area contributed by atoms with Crippen LogP contribution in [0.15, 0.2) is 42.5 Å². The van der Waals surface area contributed by atoms with E-state index in [1.165, 1.54) is 6.07 Å². The summed E-state index contributed by atoms with van der Waals surface area (Å²) < 4.78 is 25.6. The Balaban J connectivity index is 1.79. The molecule has 1 aromatic heterocycles. The van der Waals surface area contributed by atoms with Gasteiger partial charge in [-0.15, -0.1) is 0 Å². The number of hydrogen-bond acceptors (Lipinski definition) is 3. The summed E-state index contributed by atoms with van der Waals surface area (Å²) in [6, 6.07) is 12.2. The summed E-state index contributed by atoms with van der Waals surface area (Å²) in [7, 11) is 0. The van der Waals surface area contributed by atoms with Gasteiger partial charge in [-0.1, -0.05) is 43.6 Å². The zero-order valence-electron chi connectivity index (χ0n) is 16.3. The zero-order valence-corrected chi connectivity index (χ0v) is 17.0. The Morgan fingerprint density at radius 3 is 2.59 bits per heavy atom. The number of aromatic nitrogens is 2. The minimum absolute atomic E-state index is 0.0797. The molecular formula is C21H23ClF2N4O. The van der Waals surface area contributed by atoms with Gasteiger partial charge >= 0.3 is 0 Å². The van der Waals surface area contributed by atoms with Crippen LogP contribution in [0.1, 0.15) is 48.1 Å². The molecule has 0 fully saturated rings. The van der Waals surface area contributed by atoms with Crippen molar-refractivity contribution >= 4 is 28.5 Å². The number of imidazole rings is 1. The van der Waals surface area contributed by atoms with Crippen molar-refractivity contribution in [2.75, 3.05) is 19.6 Å². The van der Waals surface area contributed by atoms with Crippen LogP contribution in [-0.2, 0) is 0 Å².